The molecule has 0 unspecified atom stereocenters. The minimum atomic E-state index is -0.595. The lowest BCUT2D eigenvalue weighted by Crippen LogP contribution is -2.22. The molecule has 0 spiro atoms. The normalized spacial score (nSPS) is 11.1. The third kappa shape index (κ3) is 3.51. The molecule has 136 valence electrons. The number of hydrogen-bond acceptors (Lipinski definition) is 6. The van der Waals surface area contributed by atoms with Gasteiger partial charge >= 0.3 is 0 Å². The molecular weight excluding hydrogens is 361 g/mol. The van der Waals surface area contributed by atoms with Gasteiger partial charge in [0.25, 0.3) is 0 Å². The van der Waals surface area contributed by atoms with Gasteiger partial charge in [0.05, 0.1) is 23.6 Å². The number of benzene rings is 1. The Balaban J connectivity index is 2.14. The number of carbonyl (C=O) groups is 1. The molecule has 0 bridgehead atoms. The Morgan fingerprint density at radius 2 is 2.19 bits per heavy atom. The Bertz CT molecular complexity index is 946. The van der Waals surface area contributed by atoms with Crippen LogP contribution in [-0.4, -0.2) is 45.9 Å². The van der Waals surface area contributed by atoms with Crippen molar-refractivity contribution >= 4 is 39.9 Å². The molecule has 0 amide bonds. The number of rotatable bonds is 6. The van der Waals surface area contributed by atoms with Gasteiger partial charge < -0.3 is 9.64 Å². The van der Waals surface area contributed by atoms with Crippen LogP contribution in [0.1, 0.15) is 18.1 Å². The molecule has 0 atom stereocenters. The number of fused-ring (bicyclic) bond motifs is 1. The first-order valence-corrected chi connectivity index (χ1v) is 8.33. The summed E-state index contributed by atoms with van der Waals surface area (Å²) in [6.45, 7) is 2.36. The minimum absolute atomic E-state index is 0.0512. The molecule has 3 rings (SSSR count). The van der Waals surface area contributed by atoms with Crippen LogP contribution in [-0.2, 0) is 4.74 Å². The fourth-order valence-corrected chi connectivity index (χ4v) is 2.89. The second-order valence-corrected chi connectivity index (χ2v) is 5.93. The number of aromatic nitrogens is 4. The van der Waals surface area contributed by atoms with Crippen LogP contribution in [0.5, 0.6) is 0 Å². The molecule has 0 saturated heterocycles. The summed E-state index contributed by atoms with van der Waals surface area (Å²) in [7, 11) is 1.60. The topological polar surface area (TPSA) is 73.1 Å². The van der Waals surface area contributed by atoms with Gasteiger partial charge in [-0.1, -0.05) is 6.07 Å². The zero-order chi connectivity index (χ0) is 18.7. The molecule has 0 aliphatic carbocycles. The van der Waals surface area contributed by atoms with Crippen molar-refractivity contribution in [2.24, 2.45) is 0 Å². The Morgan fingerprint density at radius 1 is 1.38 bits per heavy atom. The highest BCUT2D eigenvalue weighted by atomic mass is 35.5. The number of nitrogens with zero attached hydrogens (tertiary/aromatic N) is 5. The summed E-state index contributed by atoms with van der Waals surface area (Å²) in [4.78, 5) is 21.2. The molecule has 3 aromatic rings. The van der Waals surface area contributed by atoms with Gasteiger partial charge in [0.2, 0.25) is 11.2 Å². The lowest BCUT2D eigenvalue weighted by molar-refractivity contribution is 0.0927. The van der Waals surface area contributed by atoms with Crippen molar-refractivity contribution in [3.05, 3.63) is 41.7 Å². The van der Waals surface area contributed by atoms with Crippen LogP contribution in [0, 0.1) is 5.82 Å². The molecule has 0 aliphatic heterocycles. The van der Waals surface area contributed by atoms with E-state index in [0.717, 1.165) is 6.20 Å². The van der Waals surface area contributed by atoms with Crippen molar-refractivity contribution in [2.45, 2.75) is 13.3 Å². The van der Waals surface area contributed by atoms with E-state index in [0.29, 0.717) is 36.2 Å². The molecule has 0 aliphatic rings. The van der Waals surface area contributed by atoms with Crippen molar-refractivity contribution in [3.8, 4) is 0 Å². The molecule has 1 aromatic carbocycles. The molecule has 0 saturated carbocycles. The van der Waals surface area contributed by atoms with E-state index in [1.807, 2.05) is 6.07 Å². The zero-order valence-electron chi connectivity index (χ0n) is 14.3. The highest BCUT2D eigenvalue weighted by Gasteiger charge is 2.20. The standard InChI is InChI=1S/C17H17ClFN5O2/c1-11(25)24-15-6-3-5-14(12(15)9-21-24)23(7-4-8-26-2)16-13(19)10-20-17(18)22-16/h3,5-6,9-10H,4,7-8H2,1-2H3. The van der Waals surface area contributed by atoms with E-state index in [2.05, 4.69) is 15.1 Å². The molecule has 9 heteroatoms. The molecule has 0 N–H and O–H groups in total. The molecule has 2 aromatic heterocycles. The van der Waals surface area contributed by atoms with Crippen molar-refractivity contribution in [2.75, 3.05) is 25.2 Å². The van der Waals surface area contributed by atoms with E-state index >= 15 is 0 Å². The fourth-order valence-electron chi connectivity index (χ4n) is 2.76. The van der Waals surface area contributed by atoms with Gasteiger partial charge in [0, 0.05) is 32.6 Å². The van der Waals surface area contributed by atoms with E-state index in [1.54, 1.807) is 30.3 Å². The fraction of sp³-hybridized carbons (Fsp3) is 0.294. The van der Waals surface area contributed by atoms with Crippen LogP contribution < -0.4 is 4.90 Å². The van der Waals surface area contributed by atoms with Crippen LogP contribution in [0.4, 0.5) is 15.9 Å². The largest absolute Gasteiger partial charge is 0.385 e. The van der Waals surface area contributed by atoms with Crippen molar-refractivity contribution in [1.82, 2.24) is 19.7 Å². The number of halogens is 2. The number of ether oxygens (including phenoxy) is 1. The minimum Gasteiger partial charge on any atom is -0.385 e. The summed E-state index contributed by atoms with van der Waals surface area (Å²) in [6, 6.07) is 5.38. The number of hydrogen-bond donors (Lipinski definition) is 0. The monoisotopic (exact) mass is 377 g/mol. The maximum atomic E-state index is 14.4. The van der Waals surface area contributed by atoms with Gasteiger partial charge in [0.1, 0.15) is 0 Å². The molecule has 0 fully saturated rings. The maximum Gasteiger partial charge on any atom is 0.244 e. The first kappa shape index (κ1) is 18.2. The van der Waals surface area contributed by atoms with E-state index in [1.165, 1.54) is 11.6 Å². The molecule has 7 nitrogen and oxygen atoms in total. The second kappa shape index (κ2) is 7.76. The van der Waals surface area contributed by atoms with Gasteiger partial charge in [-0.15, -0.1) is 0 Å². The summed E-state index contributed by atoms with van der Waals surface area (Å²) in [5.41, 5.74) is 1.30. The SMILES string of the molecule is COCCCN(c1nc(Cl)ncc1F)c1cccc2c1cnn2C(C)=O. The quantitative estimate of drug-likeness (QED) is 0.484. The highest BCUT2D eigenvalue weighted by Crippen LogP contribution is 2.33. The zero-order valence-corrected chi connectivity index (χ0v) is 15.1. The molecule has 0 radical (unpaired) electrons. The van der Waals surface area contributed by atoms with Gasteiger partial charge in [-0.25, -0.2) is 14.1 Å². The summed E-state index contributed by atoms with van der Waals surface area (Å²) in [6.07, 6.45) is 3.25. The van der Waals surface area contributed by atoms with Crippen LogP contribution in [0.3, 0.4) is 0 Å². The smallest absolute Gasteiger partial charge is 0.244 e. The van der Waals surface area contributed by atoms with Crippen LogP contribution in [0.2, 0.25) is 5.28 Å². The second-order valence-electron chi connectivity index (χ2n) is 5.59. The maximum absolute atomic E-state index is 14.4. The highest BCUT2D eigenvalue weighted by molar-refractivity contribution is 6.28. The van der Waals surface area contributed by atoms with E-state index in [-0.39, 0.29) is 17.0 Å². The van der Waals surface area contributed by atoms with Crippen LogP contribution >= 0.6 is 11.6 Å². The molecule has 26 heavy (non-hydrogen) atoms. The van der Waals surface area contributed by atoms with Crippen molar-refractivity contribution in [3.63, 3.8) is 0 Å². The molecular formula is C17H17ClFN5O2. The summed E-state index contributed by atoms with van der Waals surface area (Å²) < 4.78 is 20.8. The Labute approximate surface area is 154 Å². The number of carbonyl (C=O) groups excluding carboxylic acids is 1. The van der Waals surface area contributed by atoms with Gasteiger partial charge in [-0.3, -0.25) is 4.79 Å². The van der Waals surface area contributed by atoms with Gasteiger partial charge in [-0.05, 0) is 30.2 Å². The van der Waals surface area contributed by atoms with E-state index in [4.69, 9.17) is 16.3 Å². The first-order chi connectivity index (χ1) is 12.5. The average Bonchev–Trinajstić information content (AvgIpc) is 3.06. The van der Waals surface area contributed by atoms with Crippen LogP contribution in [0.15, 0.2) is 30.6 Å². The number of methoxy groups -OCH3 is 1. The third-order valence-electron chi connectivity index (χ3n) is 3.86. The predicted octanol–water partition coefficient (Wildman–Crippen LogP) is 3.45. The summed E-state index contributed by atoms with van der Waals surface area (Å²) >= 11 is 5.87. The van der Waals surface area contributed by atoms with E-state index in [9.17, 15) is 9.18 Å². The third-order valence-corrected chi connectivity index (χ3v) is 4.04. The molecule has 2 heterocycles. The average molecular weight is 378 g/mol. The van der Waals surface area contributed by atoms with Crippen LogP contribution in [0.25, 0.3) is 10.9 Å². The first-order valence-electron chi connectivity index (χ1n) is 7.95. The number of anilines is 2. The van der Waals surface area contributed by atoms with Crippen molar-refractivity contribution in [1.29, 1.82) is 0 Å². The Morgan fingerprint density at radius 3 is 2.92 bits per heavy atom. The summed E-state index contributed by atoms with van der Waals surface area (Å²) in [5.74, 6) is -0.744. The van der Waals surface area contributed by atoms with Gasteiger partial charge in [-0.2, -0.15) is 10.1 Å². The van der Waals surface area contributed by atoms with Crippen molar-refractivity contribution < 1.29 is 13.9 Å². The van der Waals surface area contributed by atoms with E-state index < -0.39 is 5.82 Å². The Kier molecular flexibility index (Phi) is 5.43. The predicted molar refractivity (Wildman–Crippen MR) is 96.5 cm³/mol. The lowest BCUT2D eigenvalue weighted by atomic mass is 10.2. The lowest BCUT2D eigenvalue weighted by Gasteiger charge is -2.24. The summed E-state index contributed by atoms with van der Waals surface area (Å²) in [5, 5.41) is 4.78. The Hall–Kier alpha value is -2.58. The van der Waals surface area contributed by atoms with Gasteiger partial charge in [0.15, 0.2) is 11.6 Å².